The minimum Gasteiger partial charge on any atom is -0.412 e. The molecule has 0 amide bonds. The average molecular weight is 300 g/mol. The Morgan fingerprint density at radius 3 is 0.562 bits per heavy atom. The van der Waals surface area contributed by atoms with Crippen molar-refractivity contribution >= 4 is 37.7 Å². The Labute approximate surface area is 119 Å². The SMILES string of the molecule is O.O.O.O.O.O.O.O.O.O.O=[N+]([O-])[O-].[Ca+2].[NH4+]. The Kier molecular flexibility index (Phi) is 8020. The van der Waals surface area contributed by atoms with E-state index >= 15 is 0 Å². The molecule has 0 aromatic heterocycles. The molecule has 0 saturated carbocycles. The molecule has 24 N–H and O–H groups in total. The van der Waals surface area contributed by atoms with Gasteiger partial charge in [0.25, 0.3) is 0 Å². The van der Waals surface area contributed by atoms with Crippen LogP contribution >= 0.6 is 0 Å². The monoisotopic (exact) mass is 300 g/mol. The third-order valence-corrected chi connectivity index (χ3v) is 0. The van der Waals surface area contributed by atoms with Crippen molar-refractivity contribution in [3.8, 4) is 0 Å². The second-order valence-electron chi connectivity index (χ2n) is 0.224. The van der Waals surface area contributed by atoms with Crippen molar-refractivity contribution in [2.45, 2.75) is 0 Å². The quantitative estimate of drug-likeness (QED) is 0.258. The van der Waals surface area contributed by atoms with Crippen LogP contribution in [0.25, 0.3) is 0 Å². The molecule has 0 aromatic carbocycles. The third kappa shape index (κ3) is 6100000. The van der Waals surface area contributed by atoms with Gasteiger partial charge in [-0.15, -0.1) is 0 Å². The maximum absolute atomic E-state index is 8.25. The zero-order valence-electron chi connectivity index (χ0n) is 8.38. The van der Waals surface area contributed by atoms with E-state index in [1.807, 2.05) is 0 Å². The van der Waals surface area contributed by atoms with Gasteiger partial charge < -0.3 is 76.2 Å². The van der Waals surface area contributed by atoms with E-state index in [0.29, 0.717) is 0 Å². The summed E-state index contributed by atoms with van der Waals surface area (Å²) in [4.78, 5) is 8.25. The summed E-state index contributed by atoms with van der Waals surface area (Å²) in [6.45, 7) is 0. The third-order valence-electron chi connectivity index (χ3n) is 0. The van der Waals surface area contributed by atoms with E-state index < -0.39 is 5.09 Å². The smallest absolute Gasteiger partial charge is 0.412 e. The fourth-order valence-electron chi connectivity index (χ4n) is 0. The molecule has 0 aromatic rings. The van der Waals surface area contributed by atoms with E-state index in [9.17, 15) is 0 Å². The molecular formula is H24CaN2O13+2. The number of hydrogen-bond acceptors (Lipinski definition) is 3. The molecule has 16 heteroatoms. The van der Waals surface area contributed by atoms with Gasteiger partial charge in [0.15, 0.2) is 0 Å². The normalized spacial score (nSPS) is 1.50. The summed E-state index contributed by atoms with van der Waals surface area (Å²) in [6.07, 6.45) is 0. The first-order valence-electron chi connectivity index (χ1n) is 0.548. The van der Waals surface area contributed by atoms with Crippen LogP contribution in [0.3, 0.4) is 0 Å². The summed E-state index contributed by atoms with van der Waals surface area (Å²) in [7, 11) is 0. The maximum atomic E-state index is 8.25. The van der Waals surface area contributed by atoms with Crippen molar-refractivity contribution in [1.82, 2.24) is 6.15 Å². The van der Waals surface area contributed by atoms with E-state index in [4.69, 9.17) is 15.3 Å². The molecule has 0 heterocycles. The van der Waals surface area contributed by atoms with Gasteiger partial charge in [-0.3, -0.25) is 0 Å². The van der Waals surface area contributed by atoms with Crippen molar-refractivity contribution < 1.29 is 59.8 Å². The van der Waals surface area contributed by atoms with Crippen molar-refractivity contribution in [3.05, 3.63) is 15.3 Å². The van der Waals surface area contributed by atoms with Crippen LogP contribution in [-0.4, -0.2) is 97.6 Å². The van der Waals surface area contributed by atoms with E-state index in [0.717, 1.165) is 0 Å². The van der Waals surface area contributed by atoms with Gasteiger partial charge in [-0.2, -0.15) is 0 Å². The topological polar surface area (TPSA) is 418 Å². The van der Waals surface area contributed by atoms with Crippen LogP contribution in [0.5, 0.6) is 0 Å². The van der Waals surface area contributed by atoms with Crippen molar-refractivity contribution in [1.29, 1.82) is 0 Å². The van der Waals surface area contributed by atoms with Gasteiger partial charge in [0.1, 0.15) is 0 Å². The zero-order chi connectivity index (χ0) is 3.58. The summed E-state index contributed by atoms with van der Waals surface area (Å²) in [5.41, 5.74) is 0. The minimum absolute atomic E-state index is 0. The van der Waals surface area contributed by atoms with Crippen LogP contribution in [0.2, 0.25) is 0 Å². The van der Waals surface area contributed by atoms with Gasteiger partial charge in [0.2, 0.25) is 0 Å². The molecule has 0 fully saturated rings. The van der Waals surface area contributed by atoms with Crippen molar-refractivity contribution in [3.63, 3.8) is 0 Å². The molecule has 0 aliphatic carbocycles. The Balaban J connectivity index is -0.000000000682. The standard InChI is InChI=1S/Ca.NO3.H3N.10H2O/c;2-1(3)4;;;;;;;;;;;/h;;1H3;10*1H2/q+2;-1;;;;;;;;;;;/p+1. The van der Waals surface area contributed by atoms with Crippen LogP contribution in [0.15, 0.2) is 0 Å². The fraction of sp³-hybridized carbons (Fsp3) is 0. The van der Waals surface area contributed by atoms with Gasteiger partial charge in [-0.05, 0) is 0 Å². The molecule has 0 atom stereocenters. The predicted molar refractivity (Wildman–Crippen MR) is 58.2 cm³/mol. The summed E-state index contributed by atoms with van der Waals surface area (Å²) < 4.78 is 0. The van der Waals surface area contributed by atoms with E-state index in [2.05, 4.69) is 0 Å². The number of rotatable bonds is 0. The summed E-state index contributed by atoms with van der Waals surface area (Å²) >= 11 is 0. The number of nitrogens with zero attached hydrogens (tertiary/aromatic N) is 1. The van der Waals surface area contributed by atoms with Crippen LogP contribution in [0, 0.1) is 15.3 Å². The molecule has 0 saturated heterocycles. The molecule has 0 aliphatic rings. The first-order chi connectivity index (χ1) is 1.73. The largest absolute Gasteiger partial charge is 2.00 e. The molecule has 112 valence electrons. The Morgan fingerprint density at radius 2 is 0.562 bits per heavy atom. The molecule has 0 radical (unpaired) electrons. The Bertz CT molecular complexity index is 36.9. The van der Waals surface area contributed by atoms with Gasteiger partial charge in [0, 0.05) is 0 Å². The predicted octanol–water partition coefficient (Wildman–Crippen LogP) is -8.49. The molecule has 0 spiro atoms. The maximum Gasteiger partial charge on any atom is 2.00 e. The van der Waals surface area contributed by atoms with Crippen LogP contribution in [0.1, 0.15) is 0 Å². The van der Waals surface area contributed by atoms with E-state index in [1.165, 1.54) is 0 Å². The second kappa shape index (κ2) is 324. The molecular weight excluding hydrogens is 276 g/mol. The van der Waals surface area contributed by atoms with Crippen LogP contribution in [0.4, 0.5) is 0 Å². The second-order valence-corrected chi connectivity index (χ2v) is 0.224. The summed E-state index contributed by atoms with van der Waals surface area (Å²) in [5, 5.41) is 14.8. The summed E-state index contributed by atoms with van der Waals surface area (Å²) in [5.74, 6) is 0. The molecule has 16 heavy (non-hydrogen) atoms. The van der Waals surface area contributed by atoms with Crippen LogP contribution in [-0.2, 0) is 0 Å². The van der Waals surface area contributed by atoms with Gasteiger partial charge >= 0.3 is 37.7 Å². The van der Waals surface area contributed by atoms with Crippen molar-refractivity contribution in [2.75, 3.05) is 0 Å². The zero-order valence-corrected chi connectivity index (χ0v) is 10.6. The first kappa shape index (κ1) is 396. The van der Waals surface area contributed by atoms with E-state index in [-0.39, 0.29) is 98.7 Å². The first-order valence-corrected chi connectivity index (χ1v) is 0.548. The van der Waals surface area contributed by atoms with E-state index in [1.54, 1.807) is 0 Å². The van der Waals surface area contributed by atoms with Crippen molar-refractivity contribution in [2.24, 2.45) is 0 Å². The molecule has 0 unspecified atom stereocenters. The average Bonchev–Trinajstić information content (AvgIpc) is 0.811. The Hall–Kier alpha value is 0.0197. The molecule has 0 bridgehead atoms. The Morgan fingerprint density at radius 1 is 0.562 bits per heavy atom. The minimum atomic E-state index is -1.75. The number of quaternary nitrogens is 1. The molecule has 0 aliphatic heterocycles. The summed E-state index contributed by atoms with van der Waals surface area (Å²) in [6, 6.07) is 0. The van der Waals surface area contributed by atoms with Gasteiger partial charge in [-0.1, -0.05) is 0 Å². The fourth-order valence-corrected chi connectivity index (χ4v) is 0. The van der Waals surface area contributed by atoms with Gasteiger partial charge in [0.05, 0.1) is 5.09 Å². The van der Waals surface area contributed by atoms with Crippen LogP contribution < -0.4 is 6.15 Å². The number of hydrogen-bond donors (Lipinski definition) is 1. The molecule has 15 nitrogen and oxygen atoms in total. The van der Waals surface area contributed by atoms with Gasteiger partial charge in [-0.25, -0.2) is 0 Å². The molecule has 0 rings (SSSR count).